The highest BCUT2D eigenvalue weighted by atomic mass is 19.1. The van der Waals surface area contributed by atoms with Crippen molar-refractivity contribution < 1.29 is 4.39 Å². The number of benzene rings is 1. The zero-order valence-electron chi connectivity index (χ0n) is 9.62. The summed E-state index contributed by atoms with van der Waals surface area (Å²) in [6.45, 7) is 4.07. The molecule has 88 valence electrons. The zero-order valence-corrected chi connectivity index (χ0v) is 9.62. The van der Waals surface area contributed by atoms with Crippen molar-refractivity contribution in [1.82, 2.24) is 4.90 Å². The van der Waals surface area contributed by atoms with Gasteiger partial charge in [-0.25, -0.2) is 4.39 Å². The first-order chi connectivity index (χ1) is 7.66. The Labute approximate surface area is 95.6 Å². The van der Waals surface area contributed by atoms with Crippen molar-refractivity contribution in [2.45, 2.75) is 6.42 Å². The third-order valence-corrected chi connectivity index (χ3v) is 3.05. The van der Waals surface area contributed by atoms with E-state index in [1.54, 1.807) is 6.07 Å². The number of nitrogens with zero attached hydrogens (tertiary/aromatic N) is 2. The molecule has 1 fully saturated rings. The van der Waals surface area contributed by atoms with Crippen molar-refractivity contribution in [3.8, 4) is 0 Å². The molecule has 2 rings (SSSR count). The van der Waals surface area contributed by atoms with E-state index in [0.29, 0.717) is 5.69 Å². The molecule has 0 amide bonds. The van der Waals surface area contributed by atoms with Crippen LogP contribution in [0, 0.1) is 5.82 Å². The van der Waals surface area contributed by atoms with Crippen LogP contribution in [0.2, 0.25) is 0 Å². The average molecular weight is 223 g/mol. The lowest BCUT2D eigenvalue weighted by Crippen LogP contribution is -2.29. The van der Waals surface area contributed by atoms with Crippen molar-refractivity contribution in [3.63, 3.8) is 0 Å². The fourth-order valence-corrected chi connectivity index (χ4v) is 2.10. The Morgan fingerprint density at radius 3 is 2.75 bits per heavy atom. The van der Waals surface area contributed by atoms with Gasteiger partial charge in [-0.3, -0.25) is 0 Å². The van der Waals surface area contributed by atoms with Crippen molar-refractivity contribution in [3.05, 3.63) is 24.0 Å². The Kier molecular flexibility index (Phi) is 3.29. The summed E-state index contributed by atoms with van der Waals surface area (Å²) in [6.07, 6.45) is 1.12. The lowest BCUT2D eigenvalue weighted by molar-refractivity contribution is 0.360. The van der Waals surface area contributed by atoms with E-state index in [-0.39, 0.29) is 5.82 Å². The number of hydrogen-bond donors (Lipinski definition) is 1. The average Bonchev–Trinajstić information content (AvgIpc) is 2.43. The van der Waals surface area contributed by atoms with Crippen molar-refractivity contribution in [1.29, 1.82) is 0 Å². The highest BCUT2D eigenvalue weighted by Gasteiger charge is 2.14. The lowest BCUT2D eigenvalue weighted by Gasteiger charge is -2.24. The van der Waals surface area contributed by atoms with Crippen LogP contribution in [0.1, 0.15) is 6.42 Å². The van der Waals surface area contributed by atoms with Gasteiger partial charge >= 0.3 is 0 Å². The Morgan fingerprint density at radius 2 is 2.00 bits per heavy atom. The molecule has 1 aromatic rings. The van der Waals surface area contributed by atoms with Gasteiger partial charge in [-0.15, -0.1) is 0 Å². The molecule has 0 saturated carbocycles. The summed E-state index contributed by atoms with van der Waals surface area (Å²) < 4.78 is 13.0. The van der Waals surface area contributed by atoms with Gasteiger partial charge < -0.3 is 15.5 Å². The van der Waals surface area contributed by atoms with E-state index < -0.39 is 0 Å². The van der Waals surface area contributed by atoms with Gasteiger partial charge in [0.25, 0.3) is 0 Å². The van der Waals surface area contributed by atoms with E-state index in [4.69, 9.17) is 5.73 Å². The van der Waals surface area contributed by atoms with Gasteiger partial charge in [-0.05, 0) is 38.2 Å². The third-order valence-electron chi connectivity index (χ3n) is 3.05. The van der Waals surface area contributed by atoms with E-state index >= 15 is 0 Å². The Bertz CT molecular complexity index is 367. The van der Waals surface area contributed by atoms with Gasteiger partial charge in [0, 0.05) is 19.6 Å². The van der Waals surface area contributed by atoms with Crippen LogP contribution < -0.4 is 10.6 Å². The number of hydrogen-bond acceptors (Lipinski definition) is 3. The molecule has 0 unspecified atom stereocenters. The van der Waals surface area contributed by atoms with Crippen LogP contribution in [0.3, 0.4) is 0 Å². The largest absolute Gasteiger partial charge is 0.397 e. The number of anilines is 2. The van der Waals surface area contributed by atoms with E-state index in [9.17, 15) is 4.39 Å². The summed E-state index contributed by atoms with van der Waals surface area (Å²) in [5, 5.41) is 0. The number of nitrogens with two attached hydrogens (primary N) is 1. The second-order valence-corrected chi connectivity index (χ2v) is 4.35. The highest BCUT2D eigenvalue weighted by molar-refractivity contribution is 5.67. The maximum atomic E-state index is 13.0. The molecule has 0 aromatic heterocycles. The van der Waals surface area contributed by atoms with Crippen LogP contribution in [0.5, 0.6) is 0 Å². The van der Waals surface area contributed by atoms with Crippen LogP contribution in [-0.2, 0) is 0 Å². The normalized spacial score (nSPS) is 18.5. The fraction of sp³-hybridized carbons (Fsp3) is 0.500. The summed E-state index contributed by atoms with van der Waals surface area (Å²) in [5.74, 6) is -0.270. The number of halogens is 1. The quantitative estimate of drug-likeness (QED) is 0.733. The summed E-state index contributed by atoms with van der Waals surface area (Å²) in [6, 6.07) is 4.64. The van der Waals surface area contributed by atoms with Gasteiger partial charge in [0.2, 0.25) is 0 Å². The summed E-state index contributed by atoms with van der Waals surface area (Å²) >= 11 is 0. The summed E-state index contributed by atoms with van der Waals surface area (Å²) in [5.41, 5.74) is 7.33. The Hall–Kier alpha value is -1.29. The summed E-state index contributed by atoms with van der Waals surface area (Å²) in [7, 11) is 2.12. The zero-order chi connectivity index (χ0) is 11.5. The molecule has 0 aliphatic carbocycles. The first kappa shape index (κ1) is 11.2. The molecule has 1 saturated heterocycles. The SMILES string of the molecule is CN1CCCN(c2ccc(F)cc2N)CC1. The molecule has 1 aliphatic heterocycles. The number of rotatable bonds is 1. The van der Waals surface area contributed by atoms with Crippen molar-refractivity contribution in [2.24, 2.45) is 0 Å². The van der Waals surface area contributed by atoms with Gasteiger partial charge in [0.05, 0.1) is 11.4 Å². The third kappa shape index (κ3) is 2.44. The molecule has 1 aliphatic rings. The van der Waals surface area contributed by atoms with E-state index in [1.807, 2.05) is 0 Å². The van der Waals surface area contributed by atoms with E-state index in [1.165, 1.54) is 12.1 Å². The molecule has 2 N–H and O–H groups in total. The molecule has 16 heavy (non-hydrogen) atoms. The first-order valence-corrected chi connectivity index (χ1v) is 5.65. The molecule has 0 bridgehead atoms. The smallest absolute Gasteiger partial charge is 0.125 e. The van der Waals surface area contributed by atoms with E-state index in [2.05, 4.69) is 16.8 Å². The molecule has 3 nitrogen and oxygen atoms in total. The van der Waals surface area contributed by atoms with Crippen LogP contribution in [-0.4, -0.2) is 38.1 Å². The lowest BCUT2D eigenvalue weighted by atomic mass is 10.2. The minimum Gasteiger partial charge on any atom is -0.397 e. The predicted octanol–water partition coefficient (Wildman–Crippen LogP) is 1.55. The van der Waals surface area contributed by atoms with Crippen molar-refractivity contribution >= 4 is 11.4 Å². The molecule has 1 heterocycles. The second-order valence-electron chi connectivity index (χ2n) is 4.35. The van der Waals surface area contributed by atoms with Gasteiger partial charge in [-0.1, -0.05) is 0 Å². The molecule has 0 atom stereocenters. The van der Waals surface area contributed by atoms with Crippen LogP contribution in [0.25, 0.3) is 0 Å². The predicted molar refractivity (Wildman–Crippen MR) is 65.1 cm³/mol. The molecule has 4 heteroatoms. The van der Waals surface area contributed by atoms with E-state index in [0.717, 1.165) is 38.3 Å². The molecule has 0 spiro atoms. The number of likely N-dealkylation sites (N-methyl/N-ethyl adjacent to an activating group) is 1. The second kappa shape index (κ2) is 4.70. The molecule has 0 radical (unpaired) electrons. The standard InChI is InChI=1S/C12H18FN3/c1-15-5-2-6-16(8-7-15)12-4-3-10(13)9-11(12)14/h3-4,9H,2,5-8,14H2,1H3. The minimum absolute atomic E-state index is 0.270. The van der Waals surface area contributed by atoms with Crippen LogP contribution >= 0.6 is 0 Å². The number of nitrogen functional groups attached to an aromatic ring is 1. The fourth-order valence-electron chi connectivity index (χ4n) is 2.10. The highest BCUT2D eigenvalue weighted by Crippen LogP contribution is 2.24. The molecular weight excluding hydrogens is 205 g/mol. The van der Waals surface area contributed by atoms with Crippen molar-refractivity contribution in [2.75, 3.05) is 43.9 Å². The topological polar surface area (TPSA) is 32.5 Å². The van der Waals surface area contributed by atoms with Crippen LogP contribution in [0.4, 0.5) is 15.8 Å². The maximum Gasteiger partial charge on any atom is 0.125 e. The Balaban J connectivity index is 2.16. The van der Waals surface area contributed by atoms with Gasteiger partial charge in [0.1, 0.15) is 5.82 Å². The summed E-state index contributed by atoms with van der Waals surface area (Å²) in [4.78, 5) is 4.54. The monoisotopic (exact) mass is 223 g/mol. The first-order valence-electron chi connectivity index (χ1n) is 5.65. The maximum absolute atomic E-state index is 13.0. The van der Waals surface area contributed by atoms with Gasteiger partial charge in [0.15, 0.2) is 0 Å². The Morgan fingerprint density at radius 1 is 1.19 bits per heavy atom. The molecule has 1 aromatic carbocycles. The minimum atomic E-state index is -0.270. The van der Waals surface area contributed by atoms with Gasteiger partial charge in [-0.2, -0.15) is 0 Å². The molecular formula is C12H18FN3. The van der Waals surface area contributed by atoms with Crippen LogP contribution in [0.15, 0.2) is 18.2 Å².